The van der Waals surface area contributed by atoms with E-state index in [1.807, 2.05) is 49.3 Å². The maximum Gasteiger partial charge on any atom is 0.246 e. The van der Waals surface area contributed by atoms with E-state index in [4.69, 9.17) is 9.47 Å². The van der Waals surface area contributed by atoms with Crippen molar-refractivity contribution in [2.24, 2.45) is 12.0 Å². The van der Waals surface area contributed by atoms with Crippen LogP contribution in [0.2, 0.25) is 0 Å². The Hall–Kier alpha value is -3.23. The van der Waals surface area contributed by atoms with E-state index in [9.17, 15) is 4.79 Å². The molecule has 0 radical (unpaired) electrons. The minimum Gasteiger partial charge on any atom is -0.497 e. The molecule has 1 aliphatic rings. The fraction of sp³-hybridized carbons (Fsp3) is 0.476. The summed E-state index contributed by atoms with van der Waals surface area (Å²) in [5.74, 6) is 2.36. The Morgan fingerprint density at radius 1 is 1.30 bits per heavy atom. The number of hydrogen-bond acceptors (Lipinski definition) is 5. The maximum absolute atomic E-state index is 12.6. The molecule has 2 aromatic rings. The summed E-state index contributed by atoms with van der Waals surface area (Å²) < 4.78 is 12.7. The minimum absolute atomic E-state index is 0.0428. The van der Waals surface area contributed by atoms with E-state index in [0.717, 1.165) is 36.1 Å². The molecule has 0 unspecified atom stereocenters. The van der Waals surface area contributed by atoms with Crippen molar-refractivity contribution in [1.82, 2.24) is 20.0 Å². The number of ether oxygens (including phenoxy) is 2. The Kier molecular flexibility index (Phi) is 7.53. The number of anilines is 1. The molecule has 0 spiro atoms. The van der Waals surface area contributed by atoms with Gasteiger partial charge in [0.05, 0.1) is 25.6 Å². The van der Waals surface area contributed by atoms with Crippen molar-refractivity contribution >= 4 is 17.6 Å². The molecule has 1 aromatic heterocycles. The largest absolute Gasteiger partial charge is 0.497 e. The van der Waals surface area contributed by atoms with Gasteiger partial charge in [0.2, 0.25) is 5.91 Å². The zero-order valence-electron chi connectivity index (χ0n) is 17.9. The third-order valence-electron chi connectivity index (χ3n) is 4.73. The number of benzene rings is 1. The highest BCUT2D eigenvalue weighted by Gasteiger charge is 2.27. The first-order valence-electron chi connectivity index (χ1n) is 10.2. The topological polar surface area (TPSA) is 84.2 Å². The van der Waals surface area contributed by atoms with Crippen molar-refractivity contribution < 1.29 is 14.3 Å². The van der Waals surface area contributed by atoms with Gasteiger partial charge < -0.3 is 24.6 Å². The van der Waals surface area contributed by atoms with Crippen LogP contribution in [0.5, 0.6) is 11.5 Å². The average molecular weight is 415 g/mol. The van der Waals surface area contributed by atoms with E-state index in [0.29, 0.717) is 32.8 Å². The molecule has 9 heteroatoms. The van der Waals surface area contributed by atoms with E-state index in [-0.39, 0.29) is 5.91 Å². The van der Waals surface area contributed by atoms with Gasteiger partial charge in [-0.1, -0.05) is 6.07 Å². The van der Waals surface area contributed by atoms with Crippen molar-refractivity contribution in [3.05, 3.63) is 36.7 Å². The van der Waals surface area contributed by atoms with E-state index in [1.165, 1.54) is 0 Å². The average Bonchev–Trinajstić information content (AvgIpc) is 3.18. The Morgan fingerprint density at radius 3 is 2.83 bits per heavy atom. The first-order valence-corrected chi connectivity index (χ1v) is 10.2. The lowest BCUT2D eigenvalue weighted by Gasteiger charge is -2.35. The van der Waals surface area contributed by atoms with E-state index in [1.54, 1.807) is 22.9 Å². The van der Waals surface area contributed by atoms with Gasteiger partial charge in [0.1, 0.15) is 18.0 Å². The van der Waals surface area contributed by atoms with Crippen molar-refractivity contribution in [3.8, 4) is 11.5 Å². The van der Waals surface area contributed by atoms with E-state index in [2.05, 4.69) is 15.4 Å². The molecule has 1 fully saturated rings. The first-order chi connectivity index (χ1) is 14.6. The molecule has 1 amide bonds. The fourth-order valence-electron chi connectivity index (χ4n) is 3.23. The minimum atomic E-state index is 0.0428. The molecule has 0 bridgehead atoms. The van der Waals surface area contributed by atoms with Gasteiger partial charge in [-0.15, -0.1) is 0 Å². The molecule has 1 aromatic carbocycles. The van der Waals surface area contributed by atoms with Crippen LogP contribution < -0.4 is 19.7 Å². The van der Waals surface area contributed by atoms with Gasteiger partial charge in [-0.25, -0.2) is 0 Å². The third-order valence-corrected chi connectivity index (χ3v) is 4.73. The van der Waals surface area contributed by atoms with Crippen LogP contribution in [0, 0.1) is 0 Å². The van der Waals surface area contributed by atoms with Gasteiger partial charge in [0.15, 0.2) is 5.96 Å². The molecule has 2 heterocycles. The molecule has 0 saturated carbocycles. The van der Waals surface area contributed by atoms with Crippen LogP contribution in [0.1, 0.15) is 13.3 Å². The van der Waals surface area contributed by atoms with Crippen LogP contribution in [-0.4, -0.2) is 73.0 Å². The third kappa shape index (κ3) is 5.65. The highest BCUT2D eigenvalue weighted by Crippen LogP contribution is 2.19. The van der Waals surface area contributed by atoms with E-state index >= 15 is 0 Å². The van der Waals surface area contributed by atoms with Crippen molar-refractivity contribution in [1.29, 1.82) is 0 Å². The summed E-state index contributed by atoms with van der Waals surface area (Å²) in [5.41, 5.74) is 0.832. The molecule has 3 rings (SSSR count). The van der Waals surface area contributed by atoms with Crippen molar-refractivity contribution in [2.75, 3.05) is 51.3 Å². The number of rotatable bonds is 8. The molecule has 9 nitrogen and oxygen atoms in total. The second-order valence-corrected chi connectivity index (χ2v) is 6.96. The number of aryl methyl sites for hydroxylation is 1. The summed E-state index contributed by atoms with van der Waals surface area (Å²) >= 11 is 0. The highest BCUT2D eigenvalue weighted by atomic mass is 16.5. The van der Waals surface area contributed by atoms with Crippen molar-refractivity contribution in [3.63, 3.8) is 0 Å². The van der Waals surface area contributed by atoms with Gasteiger partial charge in [0.25, 0.3) is 0 Å². The number of nitrogens with zero attached hydrogens (tertiary/aromatic N) is 5. The maximum atomic E-state index is 12.6. The molecule has 1 aliphatic heterocycles. The summed E-state index contributed by atoms with van der Waals surface area (Å²) in [6, 6.07) is 7.55. The Balaban J connectivity index is 1.50. The Labute approximate surface area is 177 Å². The first kappa shape index (κ1) is 21.5. The predicted octanol–water partition coefficient (Wildman–Crippen LogP) is 1.51. The number of aliphatic imine (C=N–C) groups is 1. The number of guanidine groups is 1. The normalized spacial score (nSPS) is 14.8. The van der Waals surface area contributed by atoms with Gasteiger partial charge in [-0.05, 0) is 19.1 Å². The van der Waals surface area contributed by atoms with Gasteiger partial charge in [0, 0.05) is 51.9 Å². The molecule has 0 atom stereocenters. The Morgan fingerprint density at radius 2 is 2.13 bits per heavy atom. The van der Waals surface area contributed by atoms with Gasteiger partial charge in [-0.3, -0.25) is 14.5 Å². The summed E-state index contributed by atoms with van der Waals surface area (Å²) in [7, 11) is 3.48. The Bertz CT molecular complexity index is 866. The molecule has 1 N–H and O–H groups in total. The standard InChI is InChI=1S/C21H30N6O3/c1-4-22-21(23-9-6-12-30-19-8-5-7-18(13-19)29-3)26-10-11-27(20(28)16-26)17-14-24-25(2)15-17/h5,7-8,13-15H,4,6,9-12,16H2,1-3H3,(H,22,23). The lowest BCUT2D eigenvalue weighted by Crippen LogP contribution is -2.55. The summed E-state index contributed by atoms with van der Waals surface area (Å²) in [6.07, 6.45) is 4.35. The molecular formula is C21H30N6O3. The molecule has 162 valence electrons. The molecule has 0 aliphatic carbocycles. The molecule has 30 heavy (non-hydrogen) atoms. The zero-order chi connectivity index (χ0) is 21.3. The number of hydrogen-bond donors (Lipinski definition) is 1. The van der Waals surface area contributed by atoms with Crippen LogP contribution >= 0.6 is 0 Å². The number of carbonyl (C=O) groups is 1. The van der Waals surface area contributed by atoms with Crippen molar-refractivity contribution in [2.45, 2.75) is 13.3 Å². The van der Waals surface area contributed by atoms with Crippen LogP contribution in [0.25, 0.3) is 0 Å². The number of aromatic nitrogens is 2. The highest BCUT2D eigenvalue weighted by molar-refractivity contribution is 5.98. The van der Waals surface area contributed by atoms with Crippen LogP contribution in [0.15, 0.2) is 41.7 Å². The fourth-order valence-corrected chi connectivity index (χ4v) is 3.23. The second kappa shape index (κ2) is 10.5. The van der Waals surface area contributed by atoms with Crippen LogP contribution in [0.4, 0.5) is 5.69 Å². The second-order valence-electron chi connectivity index (χ2n) is 6.96. The van der Waals surface area contributed by atoms with Crippen LogP contribution in [-0.2, 0) is 11.8 Å². The quantitative estimate of drug-likeness (QED) is 0.401. The zero-order valence-corrected chi connectivity index (χ0v) is 17.9. The molecule has 1 saturated heterocycles. The smallest absolute Gasteiger partial charge is 0.246 e. The van der Waals surface area contributed by atoms with E-state index < -0.39 is 0 Å². The SMILES string of the molecule is CCNC(=NCCCOc1cccc(OC)c1)N1CCN(c2cnn(C)c2)C(=O)C1. The number of carbonyl (C=O) groups excluding carboxylic acids is 1. The number of amides is 1. The van der Waals surface area contributed by atoms with Gasteiger partial charge >= 0.3 is 0 Å². The lowest BCUT2D eigenvalue weighted by molar-refractivity contribution is -0.120. The summed E-state index contributed by atoms with van der Waals surface area (Å²) in [6.45, 7) is 5.56. The summed E-state index contributed by atoms with van der Waals surface area (Å²) in [5, 5.41) is 7.44. The molecular weight excluding hydrogens is 384 g/mol. The number of piperazine rings is 1. The lowest BCUT2D eigenvalue weighted by atomic mass is 10.3. The monoisotopic (exact) mass is 414 g/mol. The number of nitrogens with one attached hydrogen (secondary N) is 1. The van der Waals surface area contributed by atoms with Crippen LogP contribution in [0.3, 0.4) is 0 Å². The number of methoxy groups -OCH3 is 1. The van der Waals surface area contributed by atoms with Gasteiger partial charge in [-0.2, -0.15) is 5.10 Å². The summed E-state index contributed by atoms with van der Waals surface area (Å²) in [4.78, 5) is 21.1. The predicted molar refractivity (Wildman–Crippen MR) is 116 cm³/mol.